The molecule has 0 saturated heterocycles. The second kappa shape index (κ2) is 7.53. The molecular formula is C13H20N2O3. The zero-order valence-electron chi connectivity index (χ0n) is 10.9. The quantitative estimate of drug-likeness (QED) is 0.592. The minimum Gasteiger partial charge on any atom is -0.466 e. The molecule has 100 valence electrons. The molecule has 1 N–H and O–H groups in total. The molecule has 1 aromatic heterocycles. The summed E-state index contributed by atoms with van der Waals surface area (Å²) in [6.07, 6.45) is 2.80. The van der Waals surface area contributed by atoms with Gasteiger partial charge in [0.25, 0.3) is 5.91 Å². The van der Waals surface area contributed by atoms with E-state index in [4.69, 9.17) is 4.74 Å². The van der Waals surface area contributed by atoms with Gasteiger partial charge in [0.05, 0.1) is 6.61 Å². The third-order valence-electron chi connectivity index (χ3n) is 2.55. The molecule has 0 atom stereocenters. The standard InChI is InChI=1S/C13H20N2O3/c1-3-15-10-6-7-11(15)13(17)14-9-5-8-12(16)18-4-2/h6-7,10H,3-5,8-9H2,1-2H3,(H,14,17). The van der Waals surface area contributed by atoms with Crippen LogP contribution in [-0.2, 0) is 16.1 Å². The second-order valence-electron chi connectivity index (χ2n) is 3.84. The summed E-state index contributed by atoms with van der Waals surface area (Å²) in [5.74, 6) is -0.325. The smallest absolute Gasteiger partial charge is 0.305 e. The van der Waals surface area contributed by atoms with Gasteiger partial charge in [0.1, 0.15) is 5.69 Å². The summed E-state index contributed by atoms with van der Waals surface area (Å²) >= 11 is 0. The summed E-state index contributed by atoms with van der Waals surface area (Å²) in [4.78, 5) is 22.9. The first-order chi connectivity index (χ1) is 8.69. The summed E-state index contributed by atoms with van der Waals surface area (Å²) in [7, 11) is 0. The van der Waals surface area contributed by atoms with Crippen molar-refractivity contribution in [2.75, 3.05) is 13.2 Å². The Morgan fingerprint density at radius 2 is 2.17 bits per heavy atom. The fourth-order valence-electron chi connectivity index (χ4n) is 1.65. The molecule has 0 spiro atoms. The van der Waals surface area contributed by atoms with Gasteiger partial charge in [0.2, 0.25) is 0 Å². The predicted octanol–water partition coefficient (Wildman–Crippen LogP) is 1.58. The summed E-state index contributed by atoms with van der Waals surface area (Å²) in [5.41, 5.74) is 0.647. The number of nitrogens with zero attached hydrogens (tertiary/aromatic N) is 1. The lowest BCUT2D eigenvalue weighted by Crippen LogP contribution is -2.27. The van der Waals surface area contributed by atoms with Crippen LogP contribution in [0.3, 0.4) is 0 Å². The van der Waals surface area contributed by atoms with Gasteiger partial charge >= 0.3 is 5.97 Å². The summed E-state index contributed by atoms with van der Waals surface area (Å²) in [5, 5.41) is 2.79. The van der Waals surface area contributed by atoms with Crippen LogP contribution in [0.15, 0.2) is 18.3 Å². The lowest BCUT2D eigenvalue weighted by atomic mass is 10.3. The first-order valence-corrected chi connectivity index (χ1v) is 6.28. The molecule has 0 aromatic carbocycles. The number of aromatic nitrogens is 1. The van der Waals surface area contributed by atoms with Crippen LogP contribution in [0, 0.1) is 0 Å². The zero-order chi connectivity index (χ0) is 13.4. The Hall–Kier alpha value is -1.78. The Bertz CT molecular complexity index is 399. The molecule has 1 aromatic rings. The van der Waals surface area contributed by atoms with E-state index in [1.807, 2.05) is 23.8 Å². The molecule has 0 fully saturated rings. The molecule has 5 nitrogen and oxygen atoms in total. The molecule has 0 aliphatic rings. The number of hydrogen-bond acceptors (Lipinski definition) is 3. The van der Waals surface area contributed by atoms with Crippen LogP contribution in [0.2, 0.25) is 0 Å². The summed E-state index contributed by atoms with van der Waals surface area (Å²) in [6, 6.07) is 3.63. The van der Waals surface area contributed by atoms with Crippen molar-refractivity contribution >= 4 is 11.9 Å². The van der Waals surface area contributed by atoms with Crippen molar-refractivity contribution in [1.82, 2.24) is 9.88 Å². The Morgan fingerprint density at radius 3 is 2.83 bits per heavy atom. The van der Waals surface area contributed by atoms with Gasteiger partial charge in [-0.3, -0.25) is 9.59 Å². The second-order valence-corrected chi connectivity index (χ2v) is 3.84. The maximum absolute atomic E-state index is 11.8. The first kappa shape index (κ1) is 14.3. The highest BCUT2D eigenvalue weighted by molar-refractivity contribution is 5.92. The van der Waals surface area contributed by atoms with E-state index in [9.17, 15) is 9.59 Å². The van der Waals surface area contributed by atoms with Crippen molar-refractivity contribution in [3.63, 3.8) is 0 Å². The number of carbonyl (C=O) groups excluding carboxylic acids is 2. The average molecular weight is 252 g/mol. The van der Waals surface area contributed by atoms with E-state index >= 15 is 0 Å². The normalized spacial score (nSPS) is 10.1. The number of amides is 1. The van der Waals surface area contributed by atoms with Gasteiger partial charge in [0.15, 0.2) is 0 Å². The van der Waals surface area contributed by atoms with E-state index in [1.165, 1.54) is 0 Å². The number of nitrogens with one attached hydrogen (secondary N) is 1. The van der Waals surface area contributed by atoms with E-state index < -0.39 is 0 Å². The van der Waals surface area contributed by atoms with E-state index in [-0.39, 0.29) is 11.9 Å². The van der Waals surface area contributed by atoms with Gasteiger partial charge in [-0.1, -0.05) is 0 Å². The van der Waals surface area contributed by atoms with Gasteiger partial charge in [-0.15, -0.1) is 0 Å². The van der Waals surface area contributed by atoms with E-state index in [0.717, 1.165) is 6.54 Å². The monoisotopic (exact) mass is 252 g/mol. The third-order valence-corrected chi connectivity index (χ3v) is 2.55. The number of ether oxygens (including phenoxy) is 1. The van der Waals surface area contributed by atoms with E-state index in [0.29, 0.717) is 31.7 Å². The maximum atomic E-state index is 11.8. The van der Waals surface area contributed by atoms with Crippen LogP contribution in [0.1, 0.15) is 37.2 Å². The Morgan fingerprint density at radius 1 is 1.39 bits per heavy atom. The lowest BCUT2D eigenvalue weighted by molar-refractivity contribution is -0.143. The van der Waals surface area contributed by atoms with Crippen molar-refractivity contribution in [1.29, 1.82) is 0 Å². The third kappa shape index (κ3) is 4.24. The van der Waals surface area contributed by atoms with Gasteiger partial charge in [-0.25, -0.2) is 0 Å². The van der Waals surface area contributed by atoms with Crippen molar-refractivity contribution < 1.29 is 14.3 Å². The Balaban J connectivity index is 2.28. The Kier molecular flexibility index (Phi) is 5.97. The van der Waals surface area contributed by atoms with Crippen molar-refractivity contribution in [3.05, 3.63) is 24.0 Å². The predicted molar refractivity (Wildman–Crippen MR) is 68.3 cm³/mol. The highest BCUT2D eigenvalue weighted by Gasteiger charge is 2.09. The van der Waals surface area contributed by atoms with Crippen LogP contribution >= 0.6 is 0 Å². The van der Waals surface area contributed by atoms with Crippen LogP contribution < -0.4 is 5.32 Å². The lowest BCUT2D eigenvalue weighted by Gasteiger charge is -2.07. The van der Waals surface area contributed by atoms with Gasteiger partial charge < -0.3 is 14.6 Å². The summed E-state index contributed by atoms with van der Waals surface area (Å²) < 4.78 is 6.68. The molecule has 0 aliphatic heterocycles. The summed E-state index contributed by atoms with van der Waals surface area (Å²) in [6.45, 7) is 5.40. The van der Waals surface area contributed by atoms with Gasteiger partial charge in [0, 0.05) is 25.7 Å². The SMILES string of the molecule is CCOC(=O)CCCNC(=O)c1cccn1CC. The van der Waals surface area contributed by atoms with E-state index in [2.05, 4.69) is 5.32 Å². The number of carbonyl (C=O) groups is 2. The number of rotatable bonds is 7. The zero-order valence-corrected chi connectivity index (χ0v) is 10.9. The highest BCUT2D eigenvalue weighted by Crippen LogP contribution is 2.02. The number of esters is 1. The van der Waals surface area contributed by atoms with Crippen LogP contribution in [0.4, 0.5) is 0 Å². The largest absolute Gasteiger partial charge is 0.466 e. The van der Waals surface area contributed by atoms with Crippen LogP contribution in [-0.4, -0.2) is 29.6 Å². The molecule has 0 saturated carbocycles. The average Bonchev–Trinajstić information content (AvgIpc) is 2.83. The maximum Gasteiger partial charge on any atom is 0.305 e. The minimum atomic E-state index is -0.219. The van der Waals surface area contributed by atoms with Crippen molar-refractivity contribution in [2.45, 2.75) is 33.2 Å². The Labute approximate surface area is 107 Å². The molecular weight excluding hydrogens is 232 g/mol. The fraction of sp³-hybridized carbons (Fsp3) is 0.538. The van der Waals surface area contributed by atoms with Gasteiger partial charge in [-0.2, -0.15) is 0 Å². The molecule has 0 bridgehead atoms. The highest BCUT2D eigenvalue weighted by atomic mass is 16.5. The first-order valence-electron chi connectivity index (χ1n) is 6.28. The molecule has 0 radical (unpaired) electrons. The molecule has 1 heterocycles. The molecule has 18 heavy (non-hydrogen) atoms. The molecule has 1 amide bonds. The molecule has 0 aliphatic carbocycles. The minimum absolute atomic E-state index is 0.106. The number of aryl methyl sites for hydroxylation is 1. The number of hydrogen-bond donors (Lipinski definition) is 1. The topological polar surface area (TPSA) is 60.3 Å². The molecule has 5 heteroatoms. The molecule has 1 rings (SSSR count). The molecule has 0 unspecified atom stereocenters. The van der Waals surface area contributed by atoms with E-state index in [1.54, 1.807) is 13.0 Å². The van der Waals surface area contributed by atoms with Crippen LogP contribution in [0.25, 0.3) is 0 Å². The van der Waals surface area contributed by atoms with Crippen molar-refractivity contribution in [2.24, 2.45) is 0 Å². The fourth-order valence-corrected chi connectivity index (χ4v) is 1.65. The van der Waals surface area contributed by atoms with Gasteiger partial charge in [-0.05, 0) is 32.4 Å². The van der Waals surface area contributed by atoms with Crippen LogP contribution in [0.5, 0.6) is 0 Å². The van der Waals surface area contributed by atoms with Crippen molar-refractivity contribution in [3.8, 4) is 0 Å².